The third-order valence-electron chi connectivity index (χ3n) is 3.24. The van der Waals surface area contributed by atoms with Crippen molar-refractivity contribution in [3.05, 3.63) is 65.7 Å². The minimum absolute atomic E-state index is 0.0120. The largest absolute Gasteiger partial charge is 0.484 e. The molecule has 0 amide bonds. The first-order valence-electron chi connectivity index (χ1n) is 6.74. The van der Waals surface area contributed by atoms with E-state index in [1.807, 2.05) is 30.3 Å². The van der Waals surface area contributed by atoms with Gasteiger partial charge in [0.25, 0.3) is 0 Å². The Morgan fingerprint density at radius 2 is 1.79 bits per heavy atom. The molecular weight excluding hydrogens is 234 g/mol. The Morgan fingerprint density at radius 3 is 2.42 bits per heavy atom. The number of hydrogen-bond donors (Lipinski definition) is 1. The molecule has 0 aliphatic carbocycles. The van der Waals surface area contributed by atoms with Crippen LogP contribution in [0.4, 0.5) is 0 Å². The van der Waals surface area contributed by atoms with Crippen molar-refractivity contribution in [1.29, 1.82) is 0 Å². The Kier molecular flexibility index (Phi) is 4.58. The van der Waals surface area contributed by atoms with E-state index in [1.54, 1.807) is 0 Å². The Hall–Kier alpha value is -1.80. The quantitative estimate of drug-likeness (QED) is 0.880. The lowest BCUT2D eigenvalue weighted by Gasteiger charge is -2.25. The van der Waals surface area contributed by atoms with E-state index in [-0.39, 0.29) is 12.1 Å². The van der Waals surface area contributed by atoms with Crippen LogP contribution in [-0.4, -0.2) is 6.04 Å². The van der Waals surface area contributed by atoms with Crippen molar-refractivity contribution >= 4 is 0 Å². The van der Waals surface area contributed by atoms with Gasteiger partial charge in [0.2, 0.25) is 0 Å². The van der Waals surface area contributed by atoms with Gasteiger partial charge in [0.15, 0.2) is 0 Å². The van der Waals surface area contributed by atoms with Crippen molar-refractivity contribution < 1.29 is 4.74 Å². The van der Waals surface area contributed by atoms with Crippen LogP contribution in [0, 0.1) is 6.92 Å². The molecule has 2 aromatic carbocycles. The molecule has 2 heteroatoms. The average molecular weight is 255 g/mol. The Balaban J connectivity index is 2.26. The molecule has 0 saturated heterocycles. The van der Waals surface area contributed by atoms with E-state index < -0.39 is 0 Å². The molecule has 2 atom stereocenters. The van der Waals surface area contributed by atoms with Gasteiger partial charge >= 0.3 is 0 Å². The van der Waals surface area contributed by atoms with Gasteiger partial charge in [0.1, 0.15) is 11.9 Å². The van der Waals surface area contributed by atoms with Crippen LogP contribution >= 0.6 is 0 Å². The molecule has 0 spiro atoms. The summed E-state index contributed by atoms with van der Waals surface area (Å²) in [6.45, 7) is 4.17. The summed E-state index contributed by atoms with van der Waals surface area (Å²) in [5.74, 6) is 0.859. The average Bonchev–Trinajstić information content (AvgIpc) is 2.45. The Morgan fingerprint density at radius 1 is 1.05 bits per heavy atom. The van der Waals surface area contributed by atoms with Gasteiger partial charge in [-0.25, -0.2) is 0 Å². The lowest BCUT2D eigenvalue weighted by Crippen LogP contribution is -2.31. The first-order valence-corrected chi connectivity index (χ1v) is 6.74. The summed E-state index contributed by atoms with van der Waals surface area (Å²) in [5, 5.41) is 0. The predicted molar refractivity (Wildman–Crippen MR) is 79.3 cm³/mol. The molecule has 0 bridgehead atoms. The molecule has 0 saturated carbocycles. The van der Waals surface area contributed by atoms with Crippen LogP contribution in [0.15, 0.2) is 54.6 Å². The molecule has 2 rings (SSSR count). The molecule has 2 aromatic rings. The number of rotatable bonds is 5. The monoisotopic (exact) mass is 255 g/mol. The number of ether oxygens (including phenoxy) is 1. The topological polar surface area (TPSA) is 35.2 Å². The first kappa shape index (κ1) is 13.6. The zero-order valence-electron chi connectivity index (χ0n) is 11.5. The maximum atomic E-state index is 6.22. The Bertz CT molecular complexity index is 510. The van der Waals surface area contributed by atoms with Gasteiger partial charge < -0.3 is 10.5 Å². The molecule has 0 radical (unpaired) electrons. The molecule has 0 aliphatic rings. The maximum absolute atomic E-state index is 6.22. The molecule has 19 heavy (non-hydrogen) atoms. The maximum Gasteiger partial charge on any atom is 0.139 e. The van der Waals surface area contributed by atoms with E-state index in [0.717, 1.165) is 17.7 Å². The molecule has 0 aromatic heterocycles. The van der Waals surface area contributed by atoms with Crippen molar-refractivity contribution in [2.24, 2.45) is 5.73 Å². The highest BCUT2D eigenvalue weighted by Gasteiger charge is 2.20. The van der Waals surface area contributed by atoms with Gasteiger partial charge in [-0.3, -0.25) is 0 Å². The molecule has 2 unspecified atom stereocenters. The fraction of sp³-hybridized carbons (Fsp3) is 0.294. The van der Waals surface area contributed by atoms with Crippen molar-refractivity contribution in [1.82, 2.24) is 0 Å². The first-order chi connectivity index (χ1) is 9.20. The highest BCUT2D eigenvalue weighted by molar-refractivity contribution is 5.28. The summed E-state index contributed by atoms with van der Waals surface area (Å²) in [4.78, 5) is 0. The number of benzene rings is 2. The van der Waals surface area contributed by atoms with Crippen LogP contribution in [0.1, 0.15) is 30.6 Å². The fourth-order valence-electron chi connectivity index (χ4n) is 2.11. The molecule has 0 aliphatic heterocycles. The Labute approximate surface area is 115 Å². The van der Waals surface area contributed by atoms with Crippen LogP contribution in [-0.2, 0) is 0 Å². The van der Waals surface area contributed by atoms with E-state index in [1.165, 1.54) is 5.56 Å². The normalized spacial score (nSPS) is 13.8. The standard InChI is InChI=1S/C17H21NO/c1-3-16(18)17(14-9-7-8-13(2)12-14)19-15-10-5-4-6-11-15/h4-12,16-17H,3,18H2,1-2H3. The summed E-state index contributed by atoms with van der Waals surface area (Å²) in [6, 6.07) is 18.2. The molecule has 100 valence electrons. The smallest absolute Gasteiger partial charge is 0.139 e. The zero-order chi connectivity index (χ0) is 13.7. The van der Waals surface area contributed by atoms with E-state index in [9.17, 15) is 0 Å². The van der Waals surface area contributed by atoms with Crippen LogP contribution in [0.3, 0.4) is 0 Å². The minimum Gasteiger partial charge on any atom is -0.484 e. The zero-order valence-corrected chi connectivity index (χ0v) is 11.5. The number of nitrogens with two attached hydrogens (primary N) is 1. The van der Waals surface area contributed by atoms with Crippen molar-refractivity contribution in [3.63, 3.8) is 0 Å². The number of hydrogen-bond acceptors (Lipinski definition) is 2. The number of para-hydroxylation sites is 1. The van der Waals surface area contributed by atoms with Gasteiger partial charge in [-0.05, 0) is 31.0 Å². The van der Waals surface area contributed by atoms with Crippen molar-refractivity contribution in [3.8, 4) is 5.75 Å². The van der Waals surface area contributed by atoms with Gasteiger partial charge in [0.05, 0.1) is 0 Å². The molecule has 2 N–H and O–H groups in total. The second kappa shape index (κ2) is 6.39. The van der Waals surface area contributed by atoms with Gasteiger partial charge in [-0.1, -0.05) is 55.0 Å². The highest BCUT2D eigenvalue weighted by Crippen LogP contribution is 2.25. The third-order valence-corrected chi connectivity index (χ3v) is 3.24. The lowest BCUT2D eigenvalue weighted by atomic mass is 9.99. The third kappa shape index (κ3) is 3.58. The van der Waals surface area contributed by atoms with Crippen molar-refractivity contribution in [2.45, 2.75) is 32.4 Å². The van der Waals surface area contributed by atoms with Crippen LogP contribution in [0.25, 0.3) is 0 Å². The van der Waals surface area contributed by atoms with Gasteiger partial charge in [-0.2, -0.15) is 0 Å². The van der Waals surface area contributed by atoms with E-state index in [4.69, 9.17) is 10.5 Å². The summed E-state index contributed by atoms with van der Waals surface area (Å²) in [5.41, 5.74) is 8.58. The second-order valence-electron chi connectivity index (χ2n) is 4.84. The molecular formula is C17H21NO. The predicted octanol–water partition coefficient (Wildman–Crippen LogP) is 3.85. The van der Waals surface area contributed by atoms with E-state index in [2.05, 4.69) is 38.1 Å². The highest BCUT2D eigenvalue weighted by atomic mass is 16.5. The SMILES string of the molecule is CCC(N)C(Oc1ccccc1)c1cccc(C)c1. The van der Waals surface area contributed by atoms with Gasteiger partial charge in [0, 0.05) is 6.04 Å². The molecule has 2 nitrogen and oxygen atoms in total. The number of aryl methyl sites for hydroxylation is 1. The summed E-state index contributed by atoms with van der Waals surface area (Å²) < 4.78 is 6.08. The van der Waals surface area contributed by atoms with Crippen molar-refractivity contribution in [2.75, 3.05) is 0 Å². The molecule has 0 fully saturated rings. The van der Waals surface area contributed by atoms with Crippen LogP contribution in [0.5, 0.6) is 5.75 Å². The second-order valence-corrected chi connectivity index (χ2v) is 4.84. The van der Waals surface area contributed by atoms with E-state index in [0.29, 0.717) is 0 Å². The summed E-state index contributed by atoms with van der Waals surface area (Å²) >= 11 is 0. The minimum atomic E-state index is -0.104. The lowest BCUT2D eigenvalue weighted by molar-refractivity contribution is 0.171. The molecule has 0 heterocycles. The van der Waals surface area contributed by atoms with Crippen LogP contribution in [0.2, 0.25) is 0 Å². The fourth-order valence-corrected chi connectivity index (χ4v) is 2.11. The van der Waals surface area contributed by atoms with E-state index >= 15 is 0 Å². The summed E-state index contributed by atoms with van der Waals surface area (Å²) in [7, 11) is 0. The summed E-state index contributed by atoms with van der Waals surface area (Å²) in [6.07, 6.45) is 0.776. The van der Waals surface area contributed by atoms with Crippen LogP contribution < -0.4 is 10.5 Å². The van der Waals surface area contributed by atoms with Gasteiger partial charge in [-0.15, -0.1) is 0 Å².